The summed E-state index contributed by atoms with van der Waals surface area (Å²) in [6.45, 7) is 0.615. The Kier molecular flexibility index (Phi) is 3.00. The maximum Gasteiger partial charge on any atom is 0.262 e. The first-order valence-corrected chi connectivity index (χ1v) is 7.76. The van der Waals surface area contributed by atoms with Gasteiger partial charge in [-0.25, -0.2) is 8.42 Å². The average Bonchev–Trinajstić information content (AvgIpc) is 2.93. The molecule has 2 N–H and O–H groups in total. The van der Waals surface area contributed by atoms with Gasteiger partial charge in [0.25, 0.3) is 10.0 Å². The van der Waals surface area contributed by atoms with E-state index >= 15 is 0 Å². The first kappa shape index (κ1) is 13.4. The van der Waals surface area contributed by atoms with Crippen LogP contribution < -0.4 is 5.73 Å². The Morgan fingerprint density at radius 2 is 2.00 bits per heavy atom. The number of nitrogen functional groups attached to an aromatic ring is 1. The Balaban J connectivity index is 2.00. The van der Waals surface area contributed by atoms with E-state index in [1.807, 2.05) is 6.07 Å². The number of benzene rings is 1. The fourth-order valence-electron chi connectivity index (χ4n) is 2.37. The second kappa shape index (κ2) is 4.47. The number of sulfonamides is 1. The maximum atomic E-state index is 12.6. The number of halogens is 1. The van der Waals surface area contributed by atoms with Crippen molar-refractivity contribution in [3.05, 3.63) is 40.5 Å². The highest BCUT2D eigenvalue weighted by Gasteiger charge is 2.34. The lowest BCUT2D eigenvalue weighted by molar-refractivity contribution is 0.424. The zero-order chi connectivity index (χ0) is 14.5. The molecule has 0 bridgehead atoms. The molecule has 0 saturated heterocycles. The SMILES string of the molecule is Cn1ncc(Cl)c1S(=O)(=O)N1Cc2ccc(N)cc2C1. The molecule has 0 amide bonds. The zero-order valence-electron chi connectivity index (χ0n) is 10.7. The zero-order valence-corrected chi connectivity index (χ0v) is 12.3. The van der Waals surface area contributed by atoms with E-state index in [1.54, 1.807) is 19.2 Å². The van der Waals surface area contributed by atoms with E-state index in [9.17, 15) is 8.42 Å². The van der Waals surface area contributed by atoms with Gasteiger partial charge in [-0.2, -0.15) is 9.40 Å². The minimum Gasteiger partial charge on any atom is -0.399 e. The van der Waals surface area contributed by atoms with Crippen LogP contribution in [-0.4, -0.2) is 22.5 Å². The lowest BCUT2D eigenvalue weighted by Crippen LogP contribution is -2.27. The highest BCUT2D eigenvalue weighted by atomic mass is 35.5. The number of rotatable bonds is 2. The summed E-state index contributed by atoms with van der Waals surface area (Å²) in [4.78, 5) is 0. The number of anilines is 1. The number of nitrogens with zero attached hydrogens (tertiary/aromatic N) is 3. The molecule has 0 spiro atoms. The Morgan fingerprint density at radius 1 is 1.30 bits per heavy atom. The molecule has 1 aromatic heterocycles. The standard InChI is InChI=1S/C12H13ClN4O2S/c1-16-12(11(13)5-15-16)20(18,19)17-6-8-2-3-10(14)4-9(8)7-17/h2-5H,6-7,14H2,1H3. The van der Waals surface area contributed by atoms with Crippen LogP contribution in [0.15, 0.2) is 29.4 Å². The molecule has 0 fully saturated rings. The van der Waals surface area contributed by atoms with E-state index < -0.39 is 10.0 Å². The Bertz CT molecular complexity index is 765. The Morgan fingerprint density at radius 3 is 2.65 bits per heavy atom. The molecule has 0 aliphatic carbocycles. The fourth-order valence-corrected chi connectivity index (χ4v) is 4.37. The van der Waals surface area contributed by atoms with Crippen molar-refractivity contribution in [1.29, 1.82) is 0 Å². The van der Waals surface area contributed by atoms with Gasteiger partial charge in [0, 0.05) is 25.8 Å². The molecule has 1 aliphatic rings. The number of hydrogen-bond acceptors (Lipinski definition) is 4. The molecular weight excluding hydrogens is 300 g/mol. The van der Waals surface area contributed by atoms with Crippen LogP contribution >= 0.6 is 11.6 Å². The van der Waals surface area contributed by atoms with Crippen LogP contribution in [0.25, 0.3) is 0 Å². The lowest BCUT2D eigenvalue weighted by Gasteiger charge is -2.15. The molecule has 2 aromatic rings. The number of aromatic nitrogens is 2. The molecular formula is C12H13ClN4O2S. The first-order chi connectivity index (χ1) is 9.39. The van der Waals surface area contributed by atoms with Crippen molar-refractivity contribution in [2.24, 2.45) is 7.05 Å². The summed E-state index contributed by atoms with van der Waals surface area (Å²) in [5.41, 5.74) is 8.23. The monoisotopic (exact) mass is 312 g/mol. The highest BCUT2D eigenvalue weighted by Crippen LogP contribution is 2.31. The Hall–Kier alpha value is -1.57. The van der Waals surface area contributed by atoms with Crippen molar-refractivity contribution in [3.63, 3.8) is 0 Å². The van der Waals surface area contributed by atoms with Gasteiger partial charge in [0.1, 0.15) is 0 Å². The predicted octanol–water partition coefficient (Wildman–Crippen LogP) is 1.36. The molecule has 3 rings (SSSR count). The molecule has 8 heteroatoms. The molecule has 0 atom stereocenters. The summed E-state index contributed by atoms with van der Waals surface area (Å²) < 4.78 is 27.9. The molecule has 1 aromatic carbocycles. The molecule has 106 valence electrons. The normalized spacial score (nSPS) is 15.5. The topological polar surface area (TPSA) is 81.2 Å². The van der Waals surface area contributed by atoms with E-state index in [0.29, 0.717) is 18.8 Å². The van der Waals surface area contributed by atoms with Crippen LogP contribution in [0.1, 0.15) is 11.1 Å². The maximum absolute atomic E-state index is 12.6. The van der Waals surface area contributed by atoms with E-state index in [-0.39, 0.29) is 10.0 Å². The second-order valence-electron chi connectivity index (χ2n) is 4.72. The van der Waals surface area contributed by atoms with Crippen LogP contribution in [0.3, 0.4) is 0 Å². The van der Waals surface area contributed by atoms with E-state index in [0.717, 1.165) is 11.1 Å². The summed E-state index contributed by atoms with van der Waals surface area (Å²) in [6, 6.07) is 5.42. The molecule has 2 heterocycles. The van der Waals surface area contributed by atoms with Gasteiger partial charge in [-0.05, 0) is 23.3 Å². The van der Waals surface area contributed by atoms with Crippen molar-refractivity contribution < 1.29 is 8.42 Å². The third kappa shape index (κ3) is 1.98. The summed E-state index contributed by atoms with van der Waals surface area (Å²) >= 11 is 5.94. The highest BCUT2D eigenvalue weighted by molar-refractivity contribution is 7.89. The summed E-state index contributed by atoms with van der Waals surface area (Å²) in [5, 5.41) is 4.02. The van der Waals surface area contributed by atoms with E-state index in [4.69, 9.17) is 17.3 Å². The van der Waals surface area contributed by atoms with Crippen molar-refractivity contribution in [2.75, 3.05) is 5.73 Å². The average molecular weight is 313 g/mol. The molecule has 0 saturated carbocycles. The fraction of sp³-hybridized carbons (Fsp3) is 0.250. The van der Waals surface area contributed by atoms with E-state index in [2.05, 4.69) is 5.10 Å². The molecule has 6 nitrogen and oxygen atoms in total. The summed E-state index contributed by atoms with van der Waals surface area (Å²) in [5.74, 6) is 0. The smallest absolute Gasteiger partial charge is 0.262 e. The van der Waals surface area contributed by atoms with Crippen molar-refractivity contribution in [2.45, 2.75) is 18.1 Å². The third-order valence-corrected chi connectivity index (χ3v) is 5.65. The van der Waals surface area contributed by atoms with Gasteiger partial charge < -0.3 is 5.73 Å². The molecule has 1 aliphatic heterocycles. The lowest BCUT2D eigenvalue weighted by atomic mass is 10.1. The van der Waals surface area contributed by atoms with Gasteiger partial charge in [-0.15, -0.1) is 0 Å². The first-order valence-electron chi connectivity index (χ1n) is 5.94. The third-order valence-electron chi connectivity index (χ3n) is 3.35. The molecule has 20 heavy (non-hydrogen) atoms. The molecule has 0 radical (unpaired) electrons. The number of aryl methyl sites for hydroxylation is 1. The van der Waals surface area contributed by atoms with E-state index in [1.165, 1.54) is 15.2 Å². The predicted molar refractivity (Wildman–Crippen MR) is 75.5 cm³/mol. The van der Waals surface area contributed by atoms with Gasteiger partial charge >= 0.3 is 0 Å². The second-order valence-corrected chi connectivity index (χ2v) is 6.98. The summed E-state index contributed by atoms with van der Waals surface area (Å²) in [7, 11) is -2.12. The van der Waals surface area contributed by atoms with Gasteiger partial charge in [-0.3, -0.25) is 4.68 Å². The van der Waals surface area contributed by atoms with Crippen molar-refractivity contribution in [3.8, 4) is 0 Å². The van der Waals surface area contributed by atoms with Gasteiger partial charge in [0.05, 0.1) is 11.2 Å². The summed E-state index contributed by atoms with van der Waals surface area (Å²) in [6.07, 6.45) is 1.33. The van der Waals surface area contributed by atoms with Crippen LogP contribution in [0, 0.1) is 0 Å². The van der Waals surface area contributed by atoms with Crippen LogP contribution in [0.2, 0.25) is 5.02 Å². The van der Waals surface area contributed by atoms with Crippen molar-refractivity contribution >= 4 is 27.3 Å². The van der Waals surface area contributed by atoms with Gasteiger partial charge in [0.15, 0.2) is 5.03 Å². The molecule has 0 unspecified atom stereocenters. The van der Waals surface area contributed by atoms with Crippen LogP contribution in [-0.2, 0) is 30.2 Å². The minimum atomic E-state index is -3.68. The largest absolute Gasteiger partial charge is 0.399 e. The quantitative estimate of drug-likeness (QED) is 0.849. The van der Waals surface area contributed by atoms with Crippen molar-refractivity contribution in [1.82, 2.24) is 14.1 Å². The van der Waals surface area contributed by atoms with Gasteiger partial charge in [-0.1, -0.05) is 17.7 Å². The number of fused-ring (bicyclic) bond motifs is 1. The number of nitrogens with two attached hydrogens (primary N) is 1. The van der Waals surface area contributed by atoms with Crippen LogP contribution in [0.4, 0.5) is 5.69 Å². The van der Waals surface area contributed by atoms with Gasteiger partial charge in [0.2, 0.25) is 0 Å². The Labute approximate surface area is 121 Å². The number of hydrogen-bond donors (Lipinski definition) is 1. The minimum absolute atomic E-state index is 0.0138. The van der Waals surface area contributed by atoms with Crippen LogP contribution in [0.5, 0.6) is 0 Å².